The summed E-state index contributed by atoms with van der Waals surface area (Å²) in [7, 11) is 3.71. The Labute approximate surface area is 117 Å². The van der Waals surface area contributed by atoms with Gasteiger partial charge in [0, 0.05) is 29.9 Å². The molecule has 2 rings (SSSR count). The van der Waals surface area contributed by atoms with E-state index in [-0.39, 0.29) is 11.9 Å². The van der Waals surface area contributed by atoms with Gasteiger partial charge in [-0.1, -0.05) is 11.6 Å². The van der Waals surface area contributed by atoms with Gasteiger partial charge in [-0.15, -0.1) is 0 Å². The van der Waals surface area contributed by atoms with Gasteiger partial charge in [0.05, 0.1) is 6.20 Å². The fourth-order valence-electron chi connectivity index (χ4n) is 2.15. The van der Waals surface area contributed by atoms with Crippen molar-refractivity contribution in [1.29, 1.82) is 0 Å². The van der Waals surface area contributed by atoms with E-state index >= 15 is 0 Å². The molecular weight excluding hydrogens is 265 g/mol. The first-order valence-corrected chi connectivity index (χ1v) is 6.57. The molecule has 0 aliphatic rings. The monoisotopic (exact) mass is 281 g/mol. The van der Waals surface area contributed by atoms with Crippen molar-refractivity contribution < 1.29 is 4.39 Å². The minimum absolute atomic E-state index is 0.0566. The third-order valence-electron chi connectivity index (χ3n) is 3.16. The Morgan fingerprint density at radius 2 is 2.26 bits per heavy atom. The first kappa shape index (κ1) is 14.0. The Bertz CT molecular complexity index is 553. The molecule has 0 bridgehead atoms. The minimum atomic E-state index is -0.227. The van der Waals surface area contributed by atoms with Crippen LogP contribution in [0.5, 0.6) is 0 Å². The van der Waals surface area contributed by atoms with Crippen LogP contribution in [-0.2, 0) is 13.5 Å². The zero-order chi connectivity index (χ0) is 13.8. The molecule has 1 aromatic carbocycles. The molecule has 102 valence electrons. The van der Waals surface area contributed by atoms with Gasteiger partial charge in [-0.05, 0) is 43.7 Å². The Hall–Kier alpha value is -1.39. The molecule has 1 aromatic heterocycles. The molecule has 1 unspecified atom stereocenters. The molecule has 0 spiro atoms. The standard InChI is InChI=1S/C14H17ClFN3/c1-17-14(6-3-10-8-18-19(2)9-10)12-7-11(15)4-5-13(12)16/h4-5,7-9,14,17H,3,6H2,1-2H3. The van der Waals surface area contributed by atoms with E-state index in [0.29, 0.717) is 10.6 Å². The van der Waals surface area contributed by atoms with E-state index in [2.05, 4.69) is 10.4 Å². The second kappa shape index (κ2) is 6.17. The van der Waals surface area contributed by atoms with Crippen LogP contribution in [0, 0.1) is 5.82 Å². The number of nitrogens with one attached hydrogen (secondary N) is 1. The number of benzene rings is 1. The topological polar surface area (TPSA) is 29.9 Å². The SMILES string of the molecule is CNC(CCc1cnn(C)c1)c1cc(Cl)ccc1F. The third kappa shape index (κ3) is 3.55. The summed E-state index contributed by atoms with van der Waals surface area (Å²) in [4.78, 5) is 0. The maximum atomic E-state index is 13.8. The van der Waals surface area contributed by atoms with Crippen LogP contribution in [0.4, 0.5) is 4.39 Å². The normalized spacial score (nSPS) is 12.6. The third-order valence-corrected chi connectivity index (χ3v) is 3.40. The minimum Gasteiger partial charge on any atom is -0.313 e. The summed E-state index contributed by atoms with van der Waals surface area (Å²) in [6, 6.07) is 4.60. The van der Waals surface area contributed by atoms with Gasteiger partial charge in [0.1, 0.15) is 5.82 Å². The number of hydrogen-bond donors (Lipinski definition) is 1. The van der Waals surface area contributed by atoms with E-state index in [1.54, 1.807) is 16.8 Å². The number of halogens is 2. The van der Waals surface area contributed by atoms with Gasteiger partial charge >= 0.3 is 0 Å². The molecule has 0 fully saturated rings. The number of aryl methyl sites for hydroxylation is 2. The van der Waals surface area contributed by atoms with Crippen LogP contribution in [-0.4, -0.2) is 16.8 Å². The second-order valence-corrected chi connectivity index (χ2v) is 5.00. The molecule has 0 radical (unpaired) electrons. The summed E-state index contributed by atoms with van der Waals surface area (Å²) in [5, 5.41) is 7.82. The number of nitrogens with zero attached hydrogens (tertiary/aromatic N) is 2. The van der Waals surface area contributed by atoms with Crippen LogP contribution in [0.15, 0.2) is 30.6 Å². The lowest BCUT2D eigenvalue weighted by atomic mass is 10.00. The number of rotatable bonds is 5. The largest absolute Gasteiger partial charge is 0.313 e. The van der Waals surface area contributed by atoms with Crippen LogP contribution in [0.3, 0.4) is 0 Å². The summed E-state index contributed by atoms with van der Waals surface area (Å²) >= 11 is 5.93. The molecular formula is C14H17ClFN3. The first-order chi connectivity index (χ1) is 9.10. The van der Waals surface area contributed by atoms with E-state index < -0.39 is 0 Å². The maximum Gasteiger partial charge on any atom is 0.128 e. The Balaban J connectivity index is 2.09. The van der Waals surface area contributed by atoms with Crippen molar-refractivity contribution in [1.82, 2.24) is 15.1 Å². The predicted molar refractivity (Wildman–Crippen MR) is 74.7 cm³/mol. The van der Waals surface area contributed by atoms with Crippen molar-refractivity contribution in [3.8, 4) is 0 Å². The van der Waals surface area contributed by atoms with Gasteiger partial charge in [0.25, 0.3) is 0 Å². The highest BCUT2D eigenvalue weighted by atomic mass is 35.5. The summed E-state index contributed by atoms with van der Waals surface area (Å²) in [5.41, 5.74) is 1.75. The molecule has 0 saturated heterocycles. The van der Waals surface area contributed by atoms with Crippen molar-refractivity contribution in [2.45, 2.75) is 18.9 Å². The lowest BCUT2D eigenvalue weighted by Gasteiger charge is -2.17. The Morgan fingerprint density at radius 3 is 2.89 bits per heavy atom. The summed E-state index contributed by atoms with van der Waals surface area (Å²) in [5.74, 6) is -0.227. The zero-order valence-electron chi connectivity index (χ0n) is 11.0. The van der Waals surface area contributed by atoms with Crippen LogP contribution in [0.1, 0.15) is 23.6 Å². The molecule has 3 nitrogen and oxygen atoms in total. The van der Waals surface area contributed by atoms with Gasteiger partial charge < -0.3 is 5.32 Å². The molecule has 2 aromatic rings. The Kier molecular flexibility index (Phi) is 4.56. The molecule has 1 N–H and O–H groups in total. The second-order valence-electron chi connectivity index (χ2n) is 4.57. The fraction of sp³-hybridized carbons (Fsp3) is 0.357. The van der Waals surface area contributed by atoms with E-state index in [1.807, 2.05) is 26.5 Å². The van der Waals surface area contributed by atoms with Crippen LogP contribution >= 0.6 is 11.6 Å². The first-order valence-electron chi connectivity index (χ1n) is 6.20. The fourth-order valence-corrected chi connectivity index (χ4v) is 2.33. The van der Waals surface area contributed by atoms with Crippen LogP contribution in [0.25, 0.3) is 0 Å². The van der Waals surface area contributed by atoms with E-state index in [0.717, 1.165) is 18.4 Å². The quantitative estimate of drug-likeness (QED) is 0.913. The number of hydrogen-bond acceptors (Lipinski definition) is 2. The smallest absolute Gasteiger partial charge is 0.128 e. The highest BCUT2D eigenvalue weighted by Crippen LogP contribution is 2.24. The van der Waals surface area contributed by atoms with Crippen molar-refractivity contribution in [2.75, 3.05) is 7.05 Å². The van der Waals surface area contributed by atoms with Gasteiger partial charge in [-0.3, -0.25) is 4.68 Å². The number of aromatic nitrogens is 2. The van der Waals surface area contributed by atoms with E-state index in [1.165, 1.54) is 6.07 Å². The summed E-state index contributed by atoms with van der Waals surface area (Å²) in [6.45, 7) is 0. The zero-order valence-corrected chi connectivity index (χ0v) is 11.8. The average molecular weight is 282 g/mol. The van der Waals surface area contributed by atoms with Gasteiger partial charge in [0.15, 0.2) is 0 Å². The van der Waals surface area contributed by atoms with Crippen molar-refractivity contribution >= 4 is 11.6 Å². The Morgan fingerprint density at radius 1 is 1.47 bits per heavy atom. The highest BCUT2D eigenvalue weighted by molar-refractivity contribution is 6.30. The van der Waals surface area contributed by atoms with Gasteiger partial charge in [-0.2, -0.15) is 5.10 Å². The molecule has 0 aliphatic heterocycles. The summed E-state index contributed by atoms with van der Waals surface area (Å²) < 4.78 is 15.6. The average Bonchev–Trinajstić information content (AvgIpc) is 2.80. The highest BCUT2D eigenvalue weighted by Gasteiger charge is 2.14. The van der Waals surface area contributed by atoms with Gasteiger partial charge in [-0.25, -0.2) is 4.39 Å². The molecule has 5 heteroatoms. The molecule has 19 heavy (non-hydrogen) atoms. The van der Waals surface area contributed by atoms with Crippen molar-refractivity contribution in [2.24, 2.45) is 7.05 Å². The van der Waals surface area contributed by atoms with Crippen LogP contribution in [0.2, 0.25) is 5.02 Å². The van der Waals surface area contributed by atoms with Crippen LogP contribution < -0.4 is 5.32 Å². The molecule has 0 saturated carbocycles. The molecule has 1 atom stereocenters. The lowest BCUT2D eigenvalue weighted by molar-refractivity contribution is 0.509. The van der Waals surface area contributed by atoms with E-state index in [4.69, 9.17) is 11.6 Å². The van der Waals surface area contributed by atoms with E-state index in [9.17, 15) is 4.39 Å². The maximum absolute atomic E-state index is 13.8. The molecule has 1 heterocycles. The molecule has 0 aliphatic carbocycles. The lowest BCUT2D eigenvalue weighted by Crippen LogP contribution is -2.18. The predicted octanol–water partition coefficient (Wildman–Crippen LogP) is 3.11. The van der Waals surface area contributed by atoms with Crippen molar-refractivity contribution in [3.05, 3.63) is 52.6 Å². The molecule has 0 amide bonds. The van der Waals surface area contributed by atoms with Crippen molar-refractivity contribution in [3.63, 3.8) is 0 Å². The van der Waals surface area contributed by atoms with Gasteiger partial charge in [0.2, 0.25) is 0 Å². The summed E-state index contributed by atoms with van der Waals surface area (Å²) in [6.07, 6.45) is 5.44.